The molecule has 0 saturated carbocycles. The van der Waals surface area contributed by atoms with Crippen LogP contribution in [-0.2, 0) is 0 Å². The zero-order chi connectivity index (χ0) is 12.0. The van der Waals surface area contributed by atoms with Crippen molar-refractivity contribution in [2.75, 3.05) is 11.5 Å². The topological polar surface area (TPSA) is 24.9 Å². The fraction of sp³-hybridized carbons (Fsp3) is 0.750. The van der Waals surface area contributed by atoms with Crippen molar-refractivity contribution in [1.29, 1.82) is 0 Å². The van der Waals surface area contributed by atoms with E-state index in [0.717, 1.165) is 5.01 Å². The number of nitrogens with zero attached hydrogens (tertiary/aromatic N) is 1. The highest BCUT2D eigenvalue weighted by atomic mass is 32.2. The summed E-state index contributed by atoms with van der Waals surface area (Å²) in [6.07, 6.45) is 1.23. The van der Waals surface area contributed by atoms with Gasteiger partial charge in [-0.25, -0.2) is 4.98 Å². The van der Waals surface area contributed by atoms with Gasteiger partial charge >= 0.3 is 0 Å². The van der Waals surface area contributed by atoms with E-state index in [2.05, 4.69) is 43.4 Å². The Labute approximate surface area is 107 Å². The van der Waals surface area contributed by atoms with Gasteiger partial charge in [0.1, 0.15) is 0 Å². The molecule has 2 atom stereocenters. The molecular weight excluding hydrogens is 236 g/mol. The zero-order valence-electron chi connectivity index (χ0n) is 10.6. The fourth-order valence-corrected chi connectivity index (χ4v) is 3.09. The lowest BCUT2D eigenvalue weighted by Gasteiger charge is -2.18. The molecule has 0 aliphatic carbocycles. The third kappa shape index (κ3) is 4.85. The molecule has 0 saturated heterocycles. The molecule has 4 heteroatoms. The molecule has 0 spiro atoms. The Morgan fingerprint density at radius 2 is 2.25 bits per heavy atom. The number of hydrogen-bond acceptors (Lipinski definition) is 4. The molecule has 0 amide bonds. The van der Waals surface area contributed by atoms with Crippen molar-refractivity contribution in [3.63, 3.8) is 0 Å². The molecule has 1 N–H and O–H groups in total. The first-order chi connectivity index (χ1) is 7.63. The average Bonchev–Trinajstić information content (AvgIpc) is 2.65. The van der Waals surface area contributed by atoms with Gasteiger partial charge in [-0.15, -0.1) is 11.3 Å². The molecule has 16 heavy (non-hydrogen) atoms. The van der Waals surface area contributed by atoms with Crippen molar-refractivity contribution in [3.05, 3.63) is 16.1 Å². The summed E-state index contributed by atoms with van der Waals surface area (Å²) < 4.78 is 0. The summed E-state index contributed by atoms with van der Waals surface area (Å²) in [6, 6.07) is 0.933. The number of rotatable bonds is 7. The number of aromatic nitrogens is 1. The minimum absolute atomic E-state index is 0.367. The lowest BCUT2D eigenvalue weighted by Crippen LogP contribution is -2.29. The summed E-state index contributed by atoms with van der Waals surface area (Å²) in [4.78, 5) is 4.51. The first kappa shape index (κ1) is 14.0. The maximum atomic E-state index is 4.51. The Bertz CT molecular complexity index is 299. The third-order valence-electron chi connectivity index (χ3n) is 2.51. The number of hydrogen-bond donors (Lipinski definition) is 1. The van der Waals surface area contributed by atoms with E-state index in [1.807, 2.05) is 11.8 Å². The molecule has 0 fully saturated rings. The molecule has 92 valence electrons. The van der Waals surface area contributed by atoms with Crippen molar-refractivity contribution >= 4 is 23.1 Å². The van der Waals surface area contributed by atoms with Gasteiger partial charge in [-0.2, -0.15) is 11.8 Å². The van der Waals surface area contributed by atoms with Crippen molar-refractivity contribution in [1.82, 2.24) is 10.3 Å². The SMILES string of the molecule is CCSCCC(C)NC(C)c1csc(C)n1. The summed E-state index contributed by atoms with van der Waals surface area (Å²) in [7, 11) is 0. The van der Waals surface area contributed by atoms with Crippen LogP contribution in [0.2, 0.25) is 0 Å². The van der Waals surface area contributed by atoms with Crippen LogP contribution in [0.15, 0.2) is 5.38 Å². The monoisotopic (exact) mass is 258 g/mol. The van der Waals surface area contributed by atoms with Crippen molar-refractivity contribution in [3.8, 4) is 0 Å². The molecule has 0 radical (unpaired) electrons. The van der Waals surface area contributed by atoms with Gasteiger partial charge in [-0.1, -0.05) is 6.92 Å². The van der Waals surface area contributed by atoms with E-state index in [4.69, 9.17) is 0 Å². The van der Waals surface area contributed by atoms with E-state index in [-0.39, 0.29) is 0 Å². The van der Waals surface area contributed by atoms with Crippen molar-refractivity contribution < 1.29 is 0 Å². The molecule has 0 aliphatic rings. The van der Waals surface area contributed by atoms with Gasteiger partial charge in [0.25, 0.3) is 0 Å². The summed E-state index contributed by atoms with van der Waals surface area (Å²) in [6.45, 7) is 8.72. The molecule has 0 bridgehead atoms. The van der Waals surface area contributed by atoms with Gasteiger partial charge in [0.2, 0.25) is 0 Å². The van der Waals surface area contributed by atoms with Crippen LogP contribution in [0.4, 0.5) is 0 Å². The average molecular weight is 258 g/mol. The highest BCUT2D eigenvalue weighted by Gasteiger charge is 2.11. The van der Waals surface area contributed by atoms with Crippen LogP contribution >= 0.6 is 23.1 Å². The van der Waals surface area contributed by atoms with Gasteiger partial charge in [0.15, 0.2) is 0 Å². The minimum atomic E-state index is 0.367. The summed E-state index contributed by atoms with van der Waals surface area (Å²) >= 11 is 3.74. The molecule has 0 aliphatic heterocycles. The Kier molecular flexibility index (Phi) is 6.39. The molecule has 1 rings (SSSR count). The summed E-state index contributed by atoms with van der Waals surface area (Å²) in [5.41, 5.74) is 1.18. The lowest BCUT2D eigenvalue weighted by molar-refractivity contribution is 0.466. The van der Waals surface area contributed by atoms with Crippen LogP contribution in [0.1, 0.15) is 43.9 Å². The number of aryl methyl sites for hydroxylation is 1. The Balaban J connectivity index is 2.30. The van der Waals surface area contributed by atoms with Crippen LogP contribution in [0.25, 0.3) is 0 Å². The van der Waals surface area contributed by atoms with Gasteiger partial charge < -0.3 is 5.32 Å². The predicted molar refractivity (Wildman–Crippen MR) is 75.5 cm³/mol. The van der Waals surface area contributed by atoms with E-state index in [0.29, 0.717) is 12.1 Å². The zero-order valence-corrected chi connectivity index (χ0v) is 12.3. The van der Waals surface area contributed by atoms with Crippen LogP contribution in [0, 0.1) is 6.92 Å². The predicted octanol–water partition coefficient (Wildman–Crippen LogP) is 3.63. The molecule has 0 aromatic carbocycles. The molecule has 2 unspecified atom stereocenters. The Morgan fingerprint density at radius 1 is 1.50 bits per heavy atom. The van der Waals surface area contributed by atoms with Gasteiger partial charge in [-0.3, -0.25) is 0 Å². The number of nitrogens with one attached hydrogen (secondary N) is 1. The smallest absolute Gasteiger partial charge is 0.0898 e. The number of thiazole rings is 1. The van der Waals surface area contributed by atoms with Gasteiger partial charge in [0.05, 0.1) is 10.7 Å². The van der Waals surface area contributed by atoms with Crippen molar-refractivity contribution in [2.45, 2.75) is 46.2 Å². The quantitative estimate of drug-likeness (QED) is 0.756. The standard InChI is InChI=1S/C12H22N2S2/c1-5-15-7-6-9(2)13-10(3)12-8-16-11(4)14-12/h8-10,13H,5-7H2,1-4H3. The lowest BCUT2D eigenvalue weighted by atomic mass is 10.2. The second-order valence-corrected chi connectivity index (χ2v) is 6.52. The molecular formula is C12H22N2S2. The van der Waals surface area contributed by atoms with E-state index in [1.54, 1.807) is 11.3 Å². The van der Waals surface area contributed by atoms with E-state index in [1.165, 1.54) is 23.6 Å². The molecule has 2 nitrogen and oxygen atoms in total. The van der Waals surface area contributed by atoms with Crippen LogP contribution in [0.3, 0.4) is 0 Å². The first-order valence-corrected chi connectivity index (χ1v) is 7.92. The first-order valence-electron chi connectivity index (χ1n) is 5.89. The van der Waals surface area contributed by atoms with E-state index in [9.17, 15) is 0 Å². The third-order valence-corrected chi connectivity index (χ3v) is 4.24. The van der Waals surface area contributed by atoms with Gasteiger partial charge in [0, 0.05) is 17.5 Å². The summed E-state index contributed by atoms with van der Waals surface area (Å²) in [5, 5.41) is 6.90. The Hall–Kier alpha value is -0.0600. The van der Waals surface area contributed by atoms with Gasteiger partial charge in [-0.05, 0) is 38.7 Å². The summed E-state index contributed by atoms with van der Waals surface area (Å²) in [5.74, 6) is 2.46. The van der Waals surface area contributed by atoms with Crippen molar-refractivity contribution in [2.24, 2.45) is 0 Å². The molecule has 1 aromatic rings. The molecule has 1 heterocycles. The second-order valence-electron chi connectivity index (χ2n) is 4.07. The van der Waals surface area contributed by atoms with Crippen LogP contribution in [-0.4, -0.2) is 22.5 Å². The Morgan fingerprint density at radius 3 is 2.81 bits per heavy atom. The highest BCUT2D eigenvalue weighted by molar-refractivity contribution is 7.99. The highest BCUT2D eigenvalue weighted by Crippen LogP contribution is 2.17. The maximum absolute atomic E-state index is 4.51. The fourth-order valence-electron chi connectivity index (χ4n) is 1.58. The maximum Gasteiger partial charge on any atom is 0.0898 e. The molecule has 1 aromatic heterocycles. The van der Waals surface area contributed by atoms with Crippen LogP contribution < -0.4 is 5.32 Å². The second kappa shape index (κ2) is 7.30. The largest absolute Gasteiger partial charge is 0.306 e. The van der Waals surface area contributed by atoms with E-state index < -0.39 is 0 Å². The van der Waals surface area contributed by atoms with E-state index >= 15 is 0 Å². The van der Waals surface area contributed by atoms with Crippen LogP contribution in [0.5, 0.6) is 0 Å². The minimum Gasteiger partial charge on any atom is -0.306 e. The number of thioether (sulfide) groups is 1. The normalized spacial score (nSPS) is 15.0.